The summed E-state index contributed by atoms with van der Waals surface area (Å²) in [6.45, 7) is 3.74. The maximum atomic E-state index is 13.1. The number of aromatic nitrogens is 3. The number of nitrogens with zero attached hydrogens (tertiary/aromatic N) is 3. The van der Waals surface area contributed by atoms with Crippen LogP contribution in [-0.4, -0.2) is 27.1 Å². The molecule has 0 saturated carbocycles. The zero-order valence-corrected chi connectivity index (χ0v) is 13.9. The van der Waals surface area contributed by atoms with Gasteiger partial charge in [0.15, 0.2) is 11.5 Å². The lowest BCUT2D eigenvalue weighted by Gasteiger charge is -2.11. The van der Waals surface area contributed by atoms with Gasteiger partial charge in [0.25, 0.3) is 5.91 Å². The molecule has 2 aromatic carbocycles. The summed E-state index contributed by atoms with van der Waals surface area (Å²) in [5, 5.41) is 11.2. The normalized spacial score (nSPS) is 10.7. The van der Waals surface area contributed by atoms with Crippen molar-refractivity contribution < 1.29 is 9.18 Å². The molecule has 3 rings (SSSR count). The van der Waals surface area contributed by atoms with Gasteiger partial charge in [-0.2, -0.15) is 0 Å². The fraction of sp³-hybridized carbons (Fsp3) is 0.158. The molecule has 0 bridgehead atoms. The largest absolute Gasteiger partial charge is 0.348 e. The van der Waals surface area contributed by atoms with Gasteiger partial charge in [0, 0.05) is 17.2 Å². The maximum absolute atomic E-state index is 13.1. The number of nitrogens with one attached hydrogen (secondary N) is 1. The van der Waals surface area contributed by atoms with Crippen LogP contribution in [0.3, 0.4) is 0 Å². The number of carbonyl (C=O) groups excluding carboxylic acids is 1. The van der Waals surface area contributed by atoms with Crippen LogP contribution in [0, 0.1) is 5.82 Å². The molecular formula is C19H17FN4O. The highest BCUT2D eigenvalue weighted by molar-refractivity contribution is 5.98. The Morgan fingerprint density at radius 2 is 1.64 bits per heavy atom. The fourth-order valence-electron chi connectivity index (χ4n) is 2.33. The molecule has 6 heteroatoms. The molecular weight excluding hydrogens is 319 g/mol. The molecule has 25 heavy (non-hydrogen) atoms. The van der Waals surface area contributed by atoms with Gasteiger partial charge in [-0.25, -0.2) is 9.37 Å². The van der Waals surface area contributed by atoms with Crippen LogP contribution in [0.2, 0.25) is 0 Å². The van der Waals surface area contributed by atoms with Gasteiger partial charge in [0.1, 0.15) is 11.5 Å². The maximum Gasteiger partial charge on any atom is 0.272 e. The molecule has 1 amide bonds. The number of halogens is 1. The summed E-state index contributed by atoms with van der Waals surface area (Å²) in [4.78, 5) is 17.0. The van der Waals surface area contributed by atoms with Crippen LogP contribution in [0.15, 0.2) is 54.6 Å². The molecule has 0 unspecified atom stereocenters. The molecule has 0 aliphatic rings. The van der Waals surface area contributed by atoms with Crippen LogP contribution >= 0.6 is 0 Å². The Labute approximate surface area is 145 Å². The van der Waals surface area contributed by atoms with E-state index in [1.54, 1.807) is 12.1 Å². The molecule has 1 N–H and O–H groups in total. The summed E-state index contributed by atoms with van der Waals surface area (Å²) in [6, 6.07) is 15.0. The minimum atomic E-state index is -0.351. The van der Waals surface area contributed by atoms with Crippen LogP contribution in [0.4, 0.5) is 4.39 Å². The summed E-state index contributed by atoms with van der Waals surface area (Å²) in [5.74, 6) is -0.406. The topological polar surface area (TPSA) is 67.8 Å². The van der Waals surface area contributed by atoms with Crippen LogP contribution in [0.25, 0.3) is 22.6 Å². The summed E-state index contributed by atoms with van der Waals surface area (Å²) < 4.78 is 13.1. The average Bonchev–Trinajstić information content (AvgIpc) is 2.62. The van der Waals surface area contributed by atoms with E-state index >= 15 is 0 Å². The minimum Gasteiger partial charge on any atom is -0.348 e. The van der Waals surface area contributed by atoms with Crippen LogP contribution in [0.1, 0.15) is 24.3 Å². The highest BCUT2D eigenvalue weighted by Crippen LogP contribution is 2.22. The Morgan fingerprint density at radius 1 is 0.960 bits per heavy atom. The van der Waals surface area contributed by atoms with E-state index in [2.05, 4.69) is 20.5 Å². The first kappa shape index (κ1) is 16.7. The molecule has 3 aromatic rings. The first-order chi connectivity index (χ1) is 12.0. The highest BCUT2D eigenvalue weighted by Gasteiger charge is 2.19. The van der Waals surface area contributed by atoms with Crippen molar-refractivity contribution in [3.63, 3.8) is 0 Å². The number of hydrogen-bond acceptors (Lipinski definition) is 4. The fourth-order valence-corrected chi connectivity index (χ4v) is 2.33. The van der Waals surface area contributed by atoms with Gasteiger partial charge in [0.2, 0.25) is 0 Å². The van der Waals surface area contributed by atoms with Crippen LogP contribution in [-0.2, 0) is 0 Å². The summed E-state index contributed by atoms with van der Waals surface area (Å²) >= 11 is 0. The smallest absolute Gasteiger partial charge is 0.272 e. The molecule has 5 nitrogen and oxygen atoms in total. The molecule has 0 aliphatic carbocycles. The van der Waals surface area contributed by atoms with Crippen molar-refractivity contribution >= 4 is 5.91 Å². The average molecular weight is 336 g/mol. The number of benzene rings is 2. The summed E-state index contributed by atoms with van der Waals surface area (Å²) in [7, 11) is 0. The molecule has 0 aliphatic heterocycles. The second-order valence-electron chi connectivity index (χ2n) is 5.83. The van der Waals surface area contributed by atoms with Crippen molar-refractivity contribution in [2.24, 2.45) is 0 Å². The highest BCUT2D eigenvalue weighted by atomic mass is 19.1. The summed E-state index contributed by atoms with van der Waals surface area (Å²) in [5.41, 5.74) is 1.94. The van der Waals surface area contributed by atoms with Crippen molar-refractivity contribution in [1.29, 1.82) is 0 Å². The van der Waals surface area contributed by atoms with Gasteiger partial charge < -0.3 is 5.32 Å². The standard InChI is InChI=1S/C19H17FN4O/c1-12(2)21-19(25)17-16(13-6-4-3-5-7-13)23-24-18(22-17)14-8-10-15(20)11-9-14/h3-12H,1-2H3,(H,21,25). The van der Waals surface area contributed by atoms with E-state index in [9.17, 15) is 9.18 Å². The molecule has 1 heterocycles. The van der Waals surface area contributed by atoms with Gasteiger partial charge in [0.05, 0.1) is 0 Å². The van der Waals surface area contributed by atoms with Crippen LogP contribution in [0.5, 0.6) is 0 Å². The Balaban J connectivity index is 2.10. The van der Waals surface area contributed by atoms with Crippen molar-refractivity contribution in [2.45, 2.75) is 19.9 Å². The van der Waals surface area contributed by atoms with Gasteiger partial charge in [-0.3, -0.25) is 4.79 Å². The van der Waals surface area contributed by atoms with Crippen molar-refractivity contribution in [3.05, 3.63) is 66.1 Å². The monoisotopic (exact) mass is 336 g/mol. The first-order valence-corrected chi connectivity index (χ1v) is 7.91. The van der Waals surface area contributed by atoms with E-state index in [1.165, 1.54) is 12.1 Å². The molecule has 0 radical (unpaired) electrons. The van der Waals surface area contributed by atoms with Gasteiger partial charge in [-0.15, -0.1) is 10.2 Å². The lowest BCUT2D eigenvalue weighted by Crippen LogP contribution is -2.31. The Hall–Kier alpha value is -3.15. The second-order valence-corrected chi connectivity index (χ2v) is 5.83. The molecule has 1 aromatic heterocycles. The van der Waals surface area contributed by atoms with Gasteiger partial charge >= 0.3 is 0 Å². The van der Waals surface area contributed by atoms with Crippen molar-refractivity contribution in [1.82, 2.24) is 20.5 Å². The predicted molar refractivity (Wildman–Crippen MR) is 93.3 cm³/mol. The molecule has 126 valence electrons. The zero-order valence-electron chi connectivity index (χ0n) is 13.9. The SMILES string of the molecule is CC(C)NC(=O)c1nc(-c2ccc(F)cc2)nnc1-c1ccccc1. The second kappa shape index (κ2) is 7.17. The minimum absolute atomic E-state index is 0.0413. The van der Waals surface area contributed by atoms with Gasteiger partial charge in [-0.05, 0) is 38.1 Å². The van der Waals surface area contributed by atoms with E-state index in [0.717, 1.165) is 5.56 Å². The number of hydrogen-bond donors (Lipinski definition) is 1. The van der Waals surface area contributed by atoms with E-state index < -0.39 is 0 Å². The Morgan fingerprint density at radius 3 is 2.28 bits per heavy atom. The number of carbonyl (C=O) groups is 1. The molecule has 0 spiro atoms. The van der Waals surface area contributed by atoms with E-state index in [-0.39, 0.29) is 29.3 Å². The Kier molecular flexibility index (Phi) is 4.79. The van der Waals surface area contributed by atoms with Crippen molar-refractivity contribution in [3.8, 4) is 22.6 Å². The third-order valence-corrected chi connectivity index (χ3v) is 3.47. The van der Waals surface area contributed by atoms with Crippen molar-refractivity contribution in [2.75, 3.05) is 0 Å². The lowest BCUT2D eigenvalue weighted by molar-refractivity contribution is 0.0938. The third-order valence-electron chi connectivity index (χ3n) is 3.47. The third kappa shape index (κ3) is 3.85. The first-order valence-electron chi connectivity index (χ1n) is 7.91. The zero-order chi connectivity index (χ0) is 17.8. The van der Waals surface area contributed by atoms with Crippen LogP contribution < -0.4 is 5.32 Å². The quantitative estimate of drug-likeness (QED) is 0.792. The molecule has 0 saturated heterocycles. The molecule has 0 atom stereocenters. The van der Waals surface area contributed by atoms with E-state index in [4.69, 9.17) is 0 Å². The summed E-state index contributed by atoms with van der Waals surface area (Å²) in [6.07, 6.45) is 0. The van der Waals surface area contributed by atoms with Gasteiger partial charge in [-0.1, -0.05) is 30.3 Å². The number of amides is 1. The Bertz CT molecular complexity index is 880. The van der Waals surface area contributed by atoms with E-state index in [0.29, 0.717) is 11.3 Å². The number of rotatable bonds is 4. The van der Waals surface area contributed by atoms with E-state index in [1.807, 2.05) is 44.2 Å². The molecule has 0 fully saturated rings. The predicted octanol–water partition coefficient (Wildman–Crippen LogP) is 3.48. The lowest BCUT2D eigenvalue weighted by atomic mass is 10.1.